The summed E-state index contributed by atoms with van der Waals surface area (Å²) in [5.41, 5.74) is -1.08. The number of hydrogen-bond donors (Lipinski definition) is 0. The molecule has 1 aliphatic heterocycles. The van der Waals surface area contributed by atoms with Crippen molar-refractivity contribution in [3.8, 4) is 0 Å². The molecule has 24 heavy (non-hydrogen) atoms. The minimum atomic E-state index is -4.55. The minimum absolute atomic E-state index is 0.0398. The first-order chi connectivity index (χ1) is 11.3. The van der Waals surface area contributed by atoms with Crippen molar-refractivity contribution in [3.63, 3.8) is 0 Å². The number of piperazine rings is 1. The molecule has 0 N–H and O–H groups in total. The summed E-state index contributed by atoms with van der Waals surface area (Å²) >= 11 is 0. The van der Waals surface area contributed by atoms with E-state index in [2.05, 4.69) is 10.00 Å². The van der Waals surface area contributed by atoms with Gasteiger partial charge in [0.1, 0.15) is 5.69 Å². The molecule has 0 aromatic carbocycles. The van der Waals surface area contributed by atoms with Crippen LogP contribution in [0.2, 0.25) is 0 Å². The fraction of sp³-hybridized carbons (Fsp3) is 0.733. The molecule has 0 radical (unpaired) electrons. The number of ether oxygens (including phenoxy) is 1. The first-order valence-corrected chi connectivity index (χ1v) is 8.03. The van der Waals surface area contributed by atoms with Crippen LogP contribution in [0.4, 0.5) is 13.2 Å². The molecule has 2 rings (SSSR count). The Balaban J connectivity index is 1.88. The number of carbonyl (C=O) groups excluding carboxylic acids is 1. The highest BCUT2D eigenvalue weighted by Crippen LogP contribution is 2.28. The van der Waals surface area contributed by atoms with Crippen molar-refractivity contribution in [2.45, 2.75) is 19.5 Å². The summed E-state index contributed by atoms with van der Waals surface area (Å²) in [6, 6.07) is 0.813. The Morgan fingerprint density at radius 2 is 1.92 bits per heavy atom. The number of aromatic nitrogens is 2. The summed E-state index contributed by atoms with van der Waals surface area (Å²) in [6.45, 7) is 6.58. The van der Waals surface area contributed by atoms with Crippen LogP contribution in [0.5, 0.6) is 0 Å². The molecule has 6 nitrogen and oxygen atoms in total. The predicted octanol–water partition coefficient (Wildman–Crippen LogP) is 1.62. The van der Waals surface area contributed by atoms with Gasteiger partial charge >= 0.3 is 6.18 Å². The molecular formula is C15H23F3N4O2. The van der Waals surface area contributed by atoms with Crippen LogP contribution in [0.25, 0.3) is 0 Å². The zero-order valence-electron chi connectivity index (χ0n) is 14.0. The Morgan fingerprint density at radius 3 is 2.46 bits per heavy atom. The van der Waals surface area contributed by atoms with Gasteiger partial charge in [0.15, 0.2) is 5.69 Å². The summed E-state index contributed by atoms with van der Waals surface area (Å²) in [5, 5.41) is 3.39. The highest BCUT2D eigenvalue weighted by Gasteiger charge is 2.36. The van der Waals surface area contributed by atoms with E-state index in [-0.39, 0.29) is 5.69 Å². The first kappa shape index (κ1) is 18.7. The average molecular weight is 348 g/mol. The lowest BCUT2D eigenvalue weighted by molar-refractivity contribution is -0.141. The van der Waals surface area contributed by atoms with Crippen LogP contribution < -0.4 is 0 Å². The van der Waals surface area contributed by atoms with Crippen LogP contribution in [0.3, 0.4) is 0 Å². The van der Waals surface area contributed by atoms with E-state index in [0.29, 0.717) is 32.8 Å². The fourth-order valence-electron chi connectivity index (χ4n) is 2.58. The summed E-state index contributed by atoms with van der Waals surface area (Å²) in [5.74, 6) is -0.414. The normalized spacial score (nSPS) is 16.6. The molecule has 0 unspecified atom stereocenters. The molecule has 0 saturated carbocycles. The van der Waals surface area contributed by atoms with Crippen LogP contribution in [-0.2, 0) is 18.0 Å². The number of alkyl halides is 3. The van der Waals surface area contributed by atoms with Crippen LogP contribution in [0.15, 0.2) is 6.07 Å². The average Bonchev–Trinajstić information content (AvgIpc) is 2.94. The van der Waals surface area contributed by atoms with Gasteiger partial charge in [-0.05, 0) is 6.42 Å². The molecular weight excluding hydrogens is 325 g/mol. The zero-order valence-corrected chi connectivity index (χ0v) is 14.0. The molecule has 1 aliphatic rings. The molecule has 0 spiro atoms. The van der Waals surface area contributed by atoms with Crippen LogP contribution in [-0.4, -0.2) is 71.4 Å². The number of halogens is 3. The molecule has 136 valence electrons. The monoisotopic (exact) mass is 348 g/mol. The maximum Gasteiger partial charge on any atom is 0.435 e. The largest absolute Gasteiger partial charge is 0.435 e. The third kappa shape index (κ3) is 4.70. The lowest BCUT2D eigenvalue weighted by atomic mass is 10.2. The van der Waals surface area contributed by atoms with Gasteiger partial charge in [-0.2, -0.15) is 18.3 Å². The van der Waals surface area contributed by atoms with Crippen molar-refractivity contribution in [1.29, 1.82) is 0 Å². The van der Waals surface area contributed by atoms with Crippen LogP contribution >= 0.6 is 0 Å². The molecule has 1 fully saturated rings. The van der Waals surface area contributed by atoms with Crippen molar-refractivity contribution in [3.05, 3.63) is 17.5 Å². The topological polar surface area (TPSA) is 50.6 Å². The quantitative estimate of drug-likeness (QED) is 0.733. The van der Waals surface area contributed by atoms with E-state index in [1.54, 1.807) is 4.90 Å². The smallest absolute Gasteiger partial charge is 0.380 e. The Morgan fingerprint density at radius 1 is 1.25 bits per heavy atom. The number of nitrogens with zero attached hydrogens (tertiary/aromatic N) is 4. The van der Waals surface area contributed by atoms with E-state index in [1.807, 2.05) is 6.92 Å². The van der Waals surface area contributed by atoms with Gasteiger partial charge < -0.3 is 9.64 Å². The van der Waals surface area contributed by atoms with Gasteiger partial charge in [0, 0.05) is 52.4 Å². The SMILES string of the molecule is CCCOCCN1CCN(C(=O)c2cc(C(F)(F)F)nn2C)CC1. The van der Waals surface area contributed by atoms with E-state index in [4.69, 9.17) is 4.74 Å². The van der Waals surface area contributed by atoms with Gasteiger partial charge in [0.05, 0.1) is 6.61 Å². The van der Waals surface area contributed by atoms with Gasteiger partial charge in [-0.1, -0.05) is 6.92 Å². The highest BCUT2D eigenvalue weighted by molar-refractivity contribution is 5.92. The fourth-order valence-corrected chi connectivity index (χ4v) is 2.58. The predicted molar refractivity (Wildman–Crippen MR) is 81.7 cm³/mol. The van der Waals surface area contributed by atoms with Crippen molar-refractivity contribution in [1.82, 2.24) is 19.6 Å². The Kier molecular flexibility index (Phi) is 6.22. The van der Waals surface area contributed by atoms with Gasteiger partial charge in [0.25, 0.3) is 5.91 Å². The molecule has 1 amide bonds. The second-order valence-electron chi connectivity index (χ2n) is 5.78. The van der Waals surface area contributed by atoms with Crippen molar-refractivity contribution in [2.24, 2.45) is 7.05 Å². The number of aryl methyl sites for hydroxylation is 1. The Hall–Kier alpha value is -1.61. The number of carbonyl (C=O) groups is 1. The van der Waals surface area contributed by atoms with Gasteiger partial charge in [-0.3, -0.25) is 14.4 Å². The van der Waals surface area contributed by atoms with E-state index >= 15 is 0 Å². The van der Waals surface area contributed by atoms with E-state index in [1.165, 1.54) is 7.05 Å². The summed E-state index contributed by atoms with van der Waals surface area (Å²) in [4.78, 5) is 16.2. The number of hydrogen-bond acceptors (Lipinski definition) is 4. The molecule has 1 saturated heterocycles. The van der Waals surface area contributed by atoms with Crippen LogP contribution in [0, 0.1) is 0 Å². The summed E-state index contributed by atoms with van der Waals surface area (Å²) in [7, 11) is 1.35. The molecule has 2 heterocycles. The summed E-state index contributed by atoms with van der Waals surface area (Å²) < 4.78 is 44.5. The van der Waals surface area contributed by atoms with Gasteiger partial charge in [-0.15, -0.1) is 0 Å². The minimum Gasteiger partial charge on any atom is -0.380 e. The van der Waals surface area contributed by atoms with E-state index < -0.39 is 17.8 Å². The first-order valence-electron chi connectivity index (χ1n) is 8.03. The van der Waals surface area contributed by atoms with Crippen molar-refractivity contribution >= 4 is 5.91 Å². The maximum atomic E-state index is 12.7. The van der Waals surface area contributed by atoms with Crippen molar-refractivity contribution < 1.29 is 22.7 Å². The standard InChI is InChI=1S/C15H23F3N4O2/c1-3-9-24-10-8-21-4-6-22(7-5-21)14(23)12-11-13(15(16,17)18)19-20(12)2/h11H,3-10H2,1-2H3. The Bertz CT molecular complexity index is 551. The van der Waals surface area contributed by atoms with E-state index in [0.717, 1.165) is 30.3 Å². The third-order valence-corrected chi connectivity index (χ3v) is 3.95. The Labute approximate surface area is 139 Å². The molecule has 0 atom stereocenters. The number of rotatable bonds is 6. The lowest BCUT2D eigenvalue weighted by Crippen LogP contribution is -2.49. The molecule has 1 aromatic rings. The lowest BCUT2D eigenvalue weighted by Gasteiger charge is -2.34. The molecule has 0 aliphatic carbocycles. The number of amides is 1. The zero-order chi connectivity index (χ0) is 17.7. The second-order valence-corrected chi connectivity index (χ2v) is 5.78. The molecule has 9 heteroatoms. The molecule has 1 aromatic heterocycles. The van der Waals surface area contributed by atoms with E-state index in [9.17, 15) is 18.0 Å². The summed E-state index contributed by atoms with van der Waals surface area (Å²) in [6.07, 6.45) is -3.57. The van der Waals surface area contributed by atoms with Gasteiger partial charge in [-0.25, -0.2) is 0 Å². The third-order valence-electron chi connectivity index (χ3n) is 3.95. The van der Waals surface area contributed by atoms with Gasteiger partial charge in [0.2, 0.25) is 0 Å². The second kappa shape index (κ2) is 7.98. The van der Waals surface area contributed by atoms with Crippen LogP contribution in [0.1, 0.15) is 29.5 Å². The molecule has 0 bridgehead atoms. The maximum absolute atomic E-state index is 12.7. The van der Waals surface area contributed by atoms with Crippen molar-refractivity contribution in [2.75, 3.05) is 45.9 Å². The highest BCUT2D eigenvalue weighted by atomic mass is 19.4.